The van der Waals surface area contributed by atoms with E-state index in [9.17, 15) is 0 Å². The van der Waals surface area contributed by atoms with Gasteiger partial charge in [0.1, 0.15) is 11.5 Å². The predicted octanol–water partition coefficient (Wildman–Crippen LogP) is 4.42. The van der Waals surface area contributed by atoms with Crippen LogP contribution in [0.1, 0.15) is 41.1 Å². The summed E-state index contributed by atoms with van der Waals surface area (Å²) < 4.78 is 19.3. The third kappa shape index (κ3) is 5.23. The lowest BCUT2D eigenvalue weighted by molar-refractivity contribution is 0.0369. The van der Waals surface area contributed by atoms with Gasteiger partial charge in [-0.15, -0.1) is 0 Å². The number of aryl methyl sites for hydroxylation is 1. The second-order valence-corrected chi connectivity index (χ2v) is 10.2. The number of anilines is 1. The van der Waals surface area contributed by atoms with Gasteiger partial charge >= 0.3 is 0 Å². The molecule has 2 atom stereocenters. The summed E-state index contributed by atoms with van der Waals surface area (Å²) in [5.74, 6) is 1.48. The van der Waals surface area contributed by atoms with Crippen LogP contribution in [-0.4, -0.2) is 66.6 Å². The summed E-state index contributed by atoms with van der Waals surface area (Å²) in [6.07, 6.45) is 2.93. The molecule has 9 heteroatoms. The van der Waals surface area contributed by atoms with Crippen molar-refractivity contribution in [1.29, 1.82) is 0 Å². The lowest BCUT2D eigenvalue weighted by Crippen LogP contribution is -2.37. The van der Waals surface area contributed by atoms with E-state index in [0.717, 1.165) is 68.7 Å². The van der Waals surface area contributed by atoms with Crippen molar-refractivity contribution in [3.63, 3.8) is 0 Å². The van der Waals surface area contributed by atoms with Crippen LogP contribution in [0.3, 0.4) is 0 Å². The molecule has 2 saturated heterocycles. The number of nitrogens with one attached hydrogen (secondary N) is 1. The van der Waals surface area contributed by atoms with Crippen molar-refractivity contribution in [2.75, 3.05) is 52.0 Å². The summed E-state index contributed by atoms with van der Waals surface area (Å²) in [6, 6.07) is 13.9. The van der Waals surface area contributed by atoms with Gasteiger partial charge in [-0.3, -0.25) is 9.88 Å². The second kappa shape index (κ2) is 11.7. The zero-order valence-corrected chi connectivity index (χ0v) is 23.5. The number of methoxy groups -OCH3 is 2. The number of aromatic nitrogens is 2. The van der Waals surface area contributed by atoms with Crippen LogP contribution in [0.4, 0.5) is 5.69 Å². The van der Waals surface area contributed by atoms with E-state index in [1.165, 1.54) is 17.0 Å². The Bertz CT molecular complexity index is 1260. The van der Waals surface area contributed by atoms with E-state index in [4.69, 9.17) is 31.4 Å². The normalized spacial score (nSPS) is 20.0. The summed E-state index contributed by atoms with van der Waals surface area (Å²) in [7, 11) is 3.36. The van der Waals surface area contributed by atoms with Crippen LogP contribution in [0.2, 0.25) is 0 Å². The molecule has 0 aliphatic carbocycles. The Labute approximate surface area is 230 Å². The van der Waals surface area contributed by atoms with Crippen molar-refractivity contribution in [2.24, 2.45) is 0 Å². The Morgan fingerprint density at radius 3 is 2.58 bits per heavy atom. The molecule has 0 radical (unpaired) electrons. The molecule has 4 heterocycles. The van der Waals surface area contributed by atoms with Crippen molar-refractivity contribution in [3.05, 3.63) is 71.3 Å². The van der Waals surface area contributed by atoms with Gasteiger partial charge in [-0.1, -0.05) is 6.07 Å². The van der Waals surface area contributed by atoms with Gasteiger partial charge in [-0.05, 0) is 68.4 Å². The maximum Gasteiger partial charge on any atom is 0.174 e. The molecule has 5 rings (SSSR count). The van der Waals surface area contributed by atoms with Crippen LogP contribution < -0.4 is 19.7 Å². The van der Waals surface area contributed by atoms with Gasteiger partial charge in [0.25, 0.3) is 0 Å². The van der Waals surface area contributed by atoms with E-state index >= 15 is 0 Å². The minimum absolute atomic E-state index is 0.113. The van der Waals surface area contributed by atoms with Gasteiger partial charge < -0.3 is 29.0 Å². The van der Waals surface area contributed by atoms with Gasteiger partial charge in [0.15, 0.2) is 5.11 Å². The topological polar surface area (TPSA) is 64.0 Å². The van der Waals surface area contributed by atoms with E-state index in [0.29, 0.717) is 5.11 Å². The second-order valence-electron chi connectivity index (χ2n) is 9.82. The minimum atomic E-state index is -0.123. The molecule has 2 aliphatic heterocycles. The predicted molar refractivity (Wildman–Crippen MR) is 153 cm³/mol. The number of ether oxygens (including phenoxy) is 3. The highest BCUT2D eigenvalue weighted by Gasteiger charge is 2.43. The van der Waals surface area contributed by atoms with Gasteiger partial charge in [0.05, 0.1) is 50.9 Å². The average molecular weight is 536 g/mol. The van der Waals surface area contributed by atoms with E-state index in [-0.39, 0.29) is 12.1 Å². The fourth-order valence-electron chi connectivity index (χ4n) is 5.66. The maximum absolute atomic E-state index is 5.96. The van der Waals surface area contributed by atoms with E-state index in [1.807, 2.05) is 36.5 Å². The number of pyridine rings is 1. The Morgan fingerprint density at radius 1 is 1.05 bits per heavy atom. The maximum atomic E-state index is 5.96. The van der Waals surface area contributed by atoms with Gasteiger partial charge in [0.2, 0.25) is 0 Å². The van der Waals surface area contributed by atoms with Crippen molar-refractivity contribution in [2.45, 2.75) is 38.9 Å². The van der Waals surface area contributed by atoms with Gasteiger partial charge in [-0.25, -0.2) is 0 Å². The summed E-state index contributed by atoms with van der Waals surface area (Å²) in [4.78, 5) is 9.36. The lowest BCUT2D eigenvalue weighted by Gasteiger charge is -2.29. The lowest BCUT2D eigenvalue weighted by atomic mass is 9.96. The molecule has 0 saturated carbocycles. The van der Waals surface area contributed by atoms with Crippen LogP contribution in [0, 0.1) is 13.8 Å². The molecule has 3 aromatic rings. The summed E-state index contributed by atoms with van der Waals surface area (Å²) in [6.45, 7) is 10.2. The number of rotatable bonds is 9. The highest BCUT2D eigenvalue weighted by molar-refractivity contribution is 7.80. The first-order valence-electron chi connectivity index (χ1n) is 13.2. The van der Waals surface area contributed by atoms with Crippen LogP contribution in [0.15, 0.2) is 48.7 Å². The van der Waals surface area contributed by atoms with E-state index in [1.54, 1.807) is 14.2 Å². The fraction of sp³-hybridized carbons (Fsp3) is 0.448. The van der Waals surface area contributed by atoms with Crippen LogP contribution in [-0.2, 0) is 11.3 Å². The smallest absolute Gasteiger partial charge is 0.174 e. The minimum Gasteiger partial charge on any atom is -0.497 e. The van der Waals surface area contributed by atoms with E-state index in [2.05, 4.69) is 45.7 Å². The standard InChI is InChI=1S/C29H37N5O3S/c1-20-18-23(21(2)33(20)13-7-12-32-14-16-37-17-15-32)28-27(24-8-5-6-11-30-24)31-29(38)34(28)25-19-22(35-3)9-10-26(25)36-4/h5-6,8-11,18-19,27-28H,7,12-17H2,1-4H3,(H,31,38). The molecule has 2 unspecified atom stereocenters. The van der Waals surface area contributed by atoms with Crippen LogP contribution >= 0.6 is 12.2 Å². The number of morpholine rings is 1. The molecule has 0 amide bonds. The quantitative estimate of drug-likeness (QED) is 0.404. The molecule has 2 aliphatic rings. The van der Waals surface area contributed by atoms with Crippen LogP contribution in [0.5, 0.6) is 11.5 Å². The van der Waals surface area contributed by atoms with Gasteiger partial charge in [0, 0.05) is 49.8 Å². The highest BCUT2D eigenvalue weighted by atomic mass is 32.1. The van der Waals surface area contributed by atoms with Crippen molar-refractivity contribution in [1.82, 2.24) is 19.8 Å². The number of nitrogens with zero attached hydrogens (tertiary/aromatic N) is 4. The zero-order chi connectivity index (χ0) is 26.6. The SMILES string of the molecule is COc1ccc(OC)c(N2C(=S)NC(c3ccccn3)C2c2cc(C)n(CCCN3CCOCC3)c2C)c1. The molecule has 2 aromatic heterocycles. The van der Waals surface area contributed by atoms with Crippen molar-refractivity contribution in [3.8, 4) is 11.5 Å². The van der Waals surface area contributed by atoms with Crippen molar-refractivity contribution >= 4 is 23.0 Å². The fourth-order valence-corrected chi connectivity index (χ4v) is 6.00. The summed E-state index contributed by atoms with van der Waals surface area (Å²) in [5, 5.41) is 4.20. The largest absolute Gasteiger partial charge is 0.497 e. The monoisotopic (exact) mass is 535 g/mol. The van der Waals surface area contributed by atoms with E-state index < -0.39 is 0 Å². The summed E-state index contributed by atoms with van der Waals surface area (Å²) >= 11 is 5.96. The van der Waals surface area contributed by atoms with Gasteiger partial charge in [-0.2, -0.15) is 0 Å². The Balaban J connectivity index is 1.52. The first-order chi connectivity index (χ1) is 18.5. The molecule has 0 bridgehead atoms. The number of thiocarbonyl (C=S) groups is 1. The average Bonchev–Trinajstić information content (AvgIpc) is 3.44. The zero-order valence-electron chi connectivity index (χ0n) is 22.6. The first kappa shape index (κ1) is 26.5. The molecule has 202 valence electrons. The molecule has 8 nitrogen and oxygen atoms in total. The molecular weight excluding hydrogens is 498 g/mol. The third-order valence-corrected chi connectivity index (χ3v) is 7.95. The molecule has 0 spiro atoms. The highest BCUT2D eigenvalue weighted by Crippen LogP contribution is 2.46. The molecule has 38 heavy (non-hydrogen) atoms. The van der Waals surface area contributed by atoms with Crippen molar-refractivity contribution < 1.29 is 14.2 Å². The number of hydrogen-bond acceptors (Lipinski definition) is 6. The molecule has 1 N–H and O–H groups in total. The Kier molecular flexibility index (Phi) is 8.16. The first-order valence-corrected chi connectivity index (χ1v) is 13.6. The third-order valence-electron chi connectivity index (χ3n) is 7.63. The summed E-state index contributed by atoms with van der Waals surface area (Å²) in [5.41, 5.74) is 5.52. The number of hydrogen-bond donors (Lipinski definition) is 1. The number of benzene rings is 1. The molecule has 1 aromatic carbocycles. The van der Waals surface area contributed by atoms with Crippen LogP contribution in [0.25, 0.3) is 0 Å². The Hall–Kier alpha value is -3.14. The molecule has 2 fully saturated rings. The Morgan fingerprint density at radius 2 is 1.87 bits per heavy atom. The molecular formula is C29H37N5O3S.